The van der Waals surface area contributed by atoms with Crippen LogP contribution in [-0.4, -0.2) is 86.3 Å². The summed E-state index contributed by atoms with van der Waals surface area (Å²) in [5.74, 6) is 2.61. The molecule has 266 valence electrons. The number of fused-ring (bicyclic) bond motifs is 9. The highest BCUT2D eigenvalue weighted by Crippen LogP contribution is 2.58. The minimum atomic E-state index is -0.401. The molecule has 5 atom stereocenters. The van der Waals surface area contributed by atoms with Crippen LogP contribution in [0.3, 0.4) is 0 Å². The number of phenolic OH excluding ortho intramolecular Hbond substituents is 1. The molecule has 0 aromatic heterocycles. The maximum absolute atomic E-state index is 13.5. The second-order valence-corrected chi connectivity index (χ2v) is 13.7. The summed E-state index contributed by atoms with van der Waals surface area (Å²) in [5, 5.41) is 15.0. The first-order valence-corrected chi connectivity index (χ1v) is 17.0. The number of aryl methyl sites for hydroxylation is 1. The molecule has 1 saturated heterocycles. The van der Waals surface area contributed by atoms with Gasteiger partial charge in [-0.05, 0) is 69.5 Å². The second kappa shape index (κ2) is 13.3. The number of nitrogens with zero attached hydrogens (tertiary/aromatic N) is 2. The minimum Gasteiger partial charge on any atom is -0.507 e. The molecule has 12 nitrogen and oxygen atoms in total. The molecule has 4 aliphatic rings. The zero-order valence-corrected chi connectivity index (χ0v) is 29.6. The molecule has 7 rings (SSSR count). The first-order valence-electron chi connectivity index (χ1n) is 17.0. The molecule has 3 aromatic carbocycles. The Morgan fingerprint density at radius 3 is 2.46 bits per heavy atom. The number of amides is 1. The number of hydrogen-bond donors (Lipinski definition) is 2. The van der Waals surface area contributed by atoms with Gasteiger partial charge in [0.1, 0.15) is 11.5 Å². The molecule has 4 heterocycles. The summed E-state index contributed by atoms with van der Waals surface area (Å²) in [7, 11) is 5.43. The molecule has 0 unspecified atom stereocenters. The molecule has 2 N–H and O–H groups in total. The van der Waals surface area contributed by atoms with Crippen molar-refractivity contribution < 1.29 is 43.1 Å². The van der Waals surface area contributed by atoms with Crippen molar-refractivity contribution in [3.63, 3.8) is 0 Å². The van der Waals surface area contributed by atoms with E-state index < -0.39 is 5.97 Å². The molecule has 1 amide bonds. The standard InChI is InChI=1S/C38H45N3O9/c1-19-12-24-14-27-21(3)41-28(33(40(27)5)31(24)37(35(19)46-7)47-17-45-6)15-26-32(38-36(48-18-49-38)20(2)34(26)44)29(41)16-39-30(43)13-23-8-10-25(11-9-23)50-22(4)42/h8-12,21,27-29,33,44H,13-18H2,1-7H3,(H,39,43)/t21-,27-,28-,29-,33-/m0/s1. The number of hydrogen-bond acceptors (Lipinski definition) is 11. The van der Waals surface area contributed by atoms with Crippen molar-refractivity contribution in [2.45, 2.75) is 77.2 Å². The Bertz CT molecular complexity index is 1830. The predicted octanol–water partition coefficient (Wildman–Crippen LogP) is 4.28. The van der Waals surface area contributed by atoms with Gasteiger partial charge in [-0.25, -0.2) is 0 Å². The average molecular weight is 688 g/mol. The van der Waals surface area contributed by atoms with E-state index in [1.54, 1.807) is 38.5 Å². The zero-order valence-electron chi connectivity index (χ0n) is 29.6. The Kier molecular flexibility index (Phi) is 9.04. The van der Waals surface area contributed by atoms with Crippen LogP contribution in [0.15, 0.2) is 30.3 Å². The largest absolute Gasteiger partial charge is 0.507 e. The number of ether oxygens (including phenoxy) is 6. The predicted molar refractivity (Wildman–Crippen MR) is 183 cm³/mol. The molecular weight excluding hydrogens is 642 g/mol. The molecule has 0 radical (unpaired) electrons. The van der Waals surface area contributed by atoms with E-state index in [9.17, 15) is 14.7 Å². The van der Waals surface area contributed by atoms with E-state index in [1.807, 2.05) is 13.8 Å². The SMILES string of the molecule is COCOc1c(OC)c(C)cc2c1[C@@H]1[C@@H]3Cc4c(O)c(C)c5c(c4[C@H](CNC(=O)Cc4ccc(OC(C)=O)cc4)N3[C@@H](C)[C@H](C2)N1C)OCO5. The molecule has 1 fully saturated rings. The van der Waals surface area contributed by atoms with Gasteiger partial charge in [0.25, 0.3) is 0 Å². The third kappa shape index (κ3) is 5.59. The summed E-state index contributed by atoms with van der Waals surface area (Å²) in [6, 6.07) is 8.83. The highest BCUT2D eigenvalue weighted by atomic mass is 16.7. The molecule has 3 aromatic rings. The van der Waals surface area contributed by atoms with E-state index in [2.05, 4.69) is 35.2 Å². The van der Waals surface area contributed by atoms with Gasteiger partial charge in [0.15, 0.2) is 29.8 Å². The molecular formula is C38H45N3O9. The number of nitrogens with one attached hydrogen (secondary N) is 1. The molecule has 4 aliphatic heterocycles. The first-order chi connectivity index (χ1) is 24.0. The second-order valence-electron chi connectivity index (χ2n) is 13.7. The van der Waals surface area contributed by atoms with Gasteiger partial charge in [0.05, 0.1) is 25.6 Å². The van der Waals surface area contributed by atoms with Crippen LogP contribution >= 0.6 is 0 Å². The Morgan fingerprint density at radius 2 is 1.76 bits per heavy atom. The van der Waals surface area contributed by atoms with Gasteiger partial charge in [0, 0.05) is 61.0 Å². The van der Waals surface area contributed by atoms with Crippen LogP contribution < -0.4 is 29.0 Å². The van der Waals surface area contributed by atoms with Crippen LogP contribution in [0.1, 0.15) is 64.9 Å². The minimum absolute atomic E-state index is 0.0637. The van der Waals surface area contributed by atoms with E-state index in [4.69, 9.17) is 28.4 Å². The number of aromatic hydroxyl groups is 1. The topological polar surface area (TPSA) is 128 Å². The summed E-state index contributed by atoms with van der Waals surface area (Å²) >= 11 is 0. The van der Waals surface area contributed by atoms with Crippen LogP contribution in [0.25, 0.3) is 0 Å². The highest BCUT2D eigenvalue weighted by molar-refractivity contribution is 5.79. The molecule has 0 spiro atoms. The average Bonchev–Trinajstić information content (AvgIpc) is 3.58. The zero-order chi connectivity index (χ0) is 35.4. The number of phenols is 1. The quantitative estimate of drug-likeness (QED) is 0.190. The van der Waals surface area contributed by atoms with Crippen LogP contribution in [0.2, 0.25) is 0 Å². The van der Waals surface area contributed by atoms with Crippen LogP contribution in [0.4, 0.5) is 0 Å². The Hall–Kier alpha value is -4.52. The van der Waals surface area contributed by atoms with E-state index in [0.29, 0.717) is 40.7 Å². The third-order valence-electron chi connectivity index (χ3n) is 10.8. The fraction of sp³-hybridized carbons (Fsp3) is 0.474. The molecule has 50 heavy (non-hydrogen) atoms. The van der Waals surface area contributed by atoms with E-state index >= 15 is 0 Å². The number of esters is 1. The Morgan fingerprint density at radius 1 is 1.02 bits per heavy atom. The van der Waals surface area contributed by atoms with Crippen molar-refractivity contribution in [1.82, 2.24) is 15.1 Å². The molecule has 12 heteroatoms. The van der Waals surface area contributed by atoms with Crippen molar-refractivity contribution in [3.05, 3.63) is 69.3 Å². The number of methoxy groups -OCH3 is 2. The summed E-state index contributed by atoms with van der Waals surface area (Å²) in [4.78, 5) is 29.8. The van der Waals surface area contributed by atoms with E-state index in [0.717, 1.165) is 34.2 Å². The molecule has 0 saturated carbocycles. The first kappa shape index (κ1) is 34.0. The lowest BCUT2D eigenvalue weighted by Gasteiger charge is -2.61. The van der Waals surface area contributed by atoms with Gasteiger partial charge in [-0.3, -0.25) is 19.4 Å². The van der Waals surface area contributed by atoms with E-state index in [1.165, 1.54) is 12.5 Å². The summed E-state index contributed by atoms with van der Waals surface area (Å²) in [6.07, 6.45) is 1.49. The van der Waals surface area contributed by atoms with Gasteiger partial charge in [-0.2, -0.15) is 0 Å². The third-order valence-corrected chi connectivity index (χ3v) is 10.8. The van der Waals surface area contributed by atoms with Crippen molar-refractivity contribution in [2.24, 2.45) is 0 Å². The number of rotatable bonds is 9. The smallest absolute Gasteiger partial charge is 0.308 e. The fourth-order valence-corrected chi connectivity index (χ4v) is 8.79. The number of carbonyl (C=O) groups is 2. The van der Waals surface area contributed by atoms with Crippen LogP contribution in [0.5, 0.6) is 34.5 Å². The molecule has 2 bridgehead atoms. The van der Waals surface area contributed by atoms with Gasteiger partial charge in [-0.15, -0.1) is 0 Å². The van der Waals surface area contributed by atoms with Gasteiger partial charge < -0.3 is 38.8 Å². The van der Waals surface area contributed by atoms with Crippen LogP contribution in [-0.2, 0) is 33.6 Å². The Labute approximate surface area is 292 Å². The number of piperazine rings is 1. The highest BCUT2D eigenvalue weighted by Gasteiger charge is 2.55. The molecule has 0 aliphatic carbocycles. The van der Waals surface area contributed by atoms with Gasteiger partial charge in [-0.1, -0.05) is 18.2 Å². The lowest BCUT2D eigenvalue weighted by atomic mass is 9.71. The number of likely N-dealkylation sites (N-methyl/N-ethyl adjacent to an activating group) is 1. The normalized spacial score (nSPS) is 23.4. The van der Waals surface area contributed by atoms with Gasteiger partial charge in [0.2, 0.25) is 12.7 Å². The lowest BCUT2D eigenvalue weighted by molar-refractivity contribution is -0.132. The van der Waals surface area contributed by atoms with Crippen molar-refractivity contribution in [1.29, 1.82) is 0 Å². The monoisotopic (exact) mass is 687 g/mol. The summed E-state index contributed by atoms with van der Waals surface area (Å²) < 4.78 is 34.7. The van der Waals surface area contributed by atoms with Crippen LogP contribution in [0, 0.1) is 13.8 Å². The summed E-state index contributed by atoms with van der Waals surface area (Å²) in [5.41, 5.74) is 6.37. The van der Waals surface area contributed by atoms with Crippen molar-refractivity contribution in [3.8, 4) is 34.5 Å². The summed E-state index contributed by atoms with van der Waals surface area (Å²) in [6.45, 7) is 7.92. The number of benzene rings is 3. The van der Waals surface area contributed by atoms with Crippen molar-refractivity contribution >= 4 is 11.9 Å². The Balaban J connectivity index is 1.29. The van der Waals surface area contributed by atoms with Crippen molar-refractivity contribution in [2.75, 3.05) is 41.4 Å². The van der Waals surface area contributed by atoms with E-state index in [-0.39, 0.29) is 68.4 Å². The fourth-order valence-electron chi connectivity index (χ4n) is 8.79. The maximum atomic E-state index is 13.5. The maximum Gasteiger partial charge on any atom is 0.308 e. The van der Waals surface area contributed by atoms with Gasteiger partial charge >= 0.3 is 5.97 Å². The number of carbonyl (C=O) groups excluding carboxylic acids is 2. The lowest BCUT2D eigenvalue weighted by Crippen LogP contribution is -2.68.